The SMILES string of the molecule is N#Cc1cccc(-c2c(C(=O)n3ccnc3)c3n(c2Cl)CCN(C(=O)O)C3)c1. The lowest BCUT2D eigenvalue weighted by Gasteiger charge is -2.27. The highest BCUT2D eigenvalue weighted by Gasteiger charge is 2.32. The number of fused-ring (bicyclic) bond motifs is 1. The van der Waals surface area contributed by atoms with Crippen LogP contribution in [0.4, 0.5) is 4.79 Å². The lowest BCUT2D eigenvalue weighted by molar-refractivity contribution is 0.0953. The molecule has 3 heterocycles. The molecule has 1 aromatic carbocycles. The predicted molar refractivity (Wildman–Crippen MR) is 100.0 cm³/mol. The van der Waals surface area contributed by atoms with E-state index in [-0.39, 0.29) is 19.0 Å². The summed E-state index contributed by atoms with van der Waals surface area (Å²) in [6.07, 6.45) is 3.33. The van der Waals surface area contributed by atoms with Crippen molar-refractivity contribution in [3.63, 3.8) is 0 Å². The molecule has 1 aliphatic rings. The summed E-state index contributed by atoms with van der Waals surface area (Å²) < 4.78 is 3.09. The van der Waals surface area contributed by atoms with Gasteiger partial charge in [-0.3, -0.25) is 9.36 Å². The van der Waals surface area contributed by atoms with Crippen LogP contribution in [0, 0.1) is 11.3 Å². The number of carboxylic acid groups (broad SMARTS) is 1. The number of carbonyl (C=O) groups excluding carboxylic acids is 1. The molecule has 2 aromatic heterocycles. The van der Waals surface area contributed by atoms with Crippen LogP contribution < -0.4 is 0 Å². The van der Waals surface area contributed by atoms with E-state index >= 15 is 0 Å². The van der Waals surface area contributed by atoms with Crippen molar-refractivity contribution in [1.82, 2.24) is 19.0 Å². The number of hydrogen-bond donors (Lipinski definition) is 1. The predicted octanol–water partition coefficient (Wildman–Crippen LogP) is 3.06. The van der Waals surface area contributed by atoms with Gasteiger partial charge in [0.05, 0.1) is 29.4 Å². The highest BCUT2D eigenvalue weighted by atomic mass is 35.5. The third-order valence-electron chi connectivity index (χ3n) is 4.75. The number of aromatic nitrogens is 3. The lowest BCUT2D eigenvalue weighted by Crippen LogP contribution is -2.37. The van der Waals surface area contributed by atoms with Gasteiger partial charge in [-0.05, 0) is 17.7 Å². The van der Waals surface area contributed by atoms with E-state index < -0.39 is 6.09 Å². The Balaban J connectivity index is 1.96. The molecular weight excluding hydrogens is 382 g/mol. The zero-order chi connectivity index (χ0) is 19.8. The van der Waals surface area contributed by atoms with E-state index in [0.717, 1.165) is 0 Å². The number of rotatable bonds is 2. The largest absolute Gasteiger partial charge is 0.465 e. The molecule has 1 aliphatic heterocycles. The number of nitrogens with zero attached hydrogens (tertiary/aromatic N) is 5. The van der Waals surface area contributed by atoms with Crippen LogP contribution in [0.3, 0.4) is 0 Å². The van der Waals surface area contributed by atoms with Crippen molar-refractivity contribution in [2.24, 2.45) is 0 Å². The highest BCUT2D eigenvalue weighted by molar-refractivity contribution is 6.34. The number of benzene rings is 1. The topological polar surface area (TPSA) is 104 Å². The average molecular weight is 396 g/mol. The third kappa shape index (κ3) is 2.82. The fourth-order valence-electron chi connectivity index (χ4n) is 3.42. The lowest BCUT2D eigenvalue weighted by atomic mass is 10.00. The van der Waals surface area contributed by atoms with Gasteiger partial charge in [0.25, 0.3) is 5.91 Å². The summed E-state index contributed by atoms with van der Waals surface area (Å²) in [5.74, 6) is -0.363. The number of nitriles is 1. The summed E-state index contributed by atoms with van der Waals surface area (Å²) in [7, 11) is 0. The van der Waals surface area contributed by atoms with Crippen LogP contribution in [0.15, 0.2) is 43.0 Å². The zero-order valence-electron chi connectivity index (χ0n) is 14.5. The van der Waals surface area contributed by atoms with Crippen molar-refractivity contribution in [2.45, 2.75) is 13.1 Å². The number of amides is 1. The summed E-state index contributed by atoms with van der Waals surface area (Å²) >= 11 is 6.65. The molecule has 0 radical (unpaired) electrons. The molecule has 0 aliphatic carbocycles. The maximum absolute atomic E-state index is 13.2. The van der Waals surface area contributed by atoms with Gasteiger partial charge in [0.1, 0.15) is 11.5 Å². The second-order valence-electron chi connectivity index (χ2n) is 6.31. The molecule has 3 aromatic rings. The third-order valence-corrected chi connectivity index (χ3v) is 5.14. The highest BCUT2D eigenvalue weighted by Crippen LogP contribution is 2.39. The number of hydrogen-bond acceptors (Lipinski definition) is 4. The molecule has 28 heavy (non-hydrogen) atoms. The first-order valence-corrected chi connectivity index (χ1v) is 8.81. The van der Waals surface area contributed by atoms with E-state index in [1.807, 2.05) is 0 Å². The van der Waals surface area contributed by atoms with Gasteiger partial charge in [-0.2, -0.15) is 5.26 Å². The van der Waals surface area contributed by atoms with Gasteiger partial charge in [-0.15, -0.1) is 0 Å². The molecule has 0 unspecified atom stereocenters. The Morgan fingerprint density at radius 1 is 1.29 bits per heavy atom. The van der Waals surface area contributed by atoms with E-state index in [4.69, 9.17) is 11.6 Å². The van der Waals surface area contributed by atoms with E-state index in [2.05, 4.69) is 11.1 Å². The van der Waals surface area contributed by atoms with Gasteiger partial charge in [-0.25, -0.2) is 9.78 Å². The van der Waals surface area contributed by atoms with Gasteiger partial charge in [-0.1, -0.05) is 23.7 Å². The molecule has 0 saturated heterocycles. The minimum Gasteiger partial charge on any atom is -0.465 e. The molecule has 0 bridgehead atoms. The standard InChI is InChI=1S/C19H14ClN5O3/c20-17-15(13-3-1-2-12(8-13)9-21)16(18(26)24-5-4-22-11-24)14-10-23(19(27)28)6-7-25(14)17/h1-5,8,11H,6-7,10H2,(H,27,28). The van der Waals surface area contributed by atoms with Gasteiger partial charge < -0.3 is 14.6 Å². The van der Waals surface area contributed by atoms with Crippen molar-refractivity contribution in [2.75, 3.05) is 6.54 Å². The van der Waals surface area contributed by atoms with E-state index in [1.54, 1.807) is 28.8 Å². The summed E-state index contributed by atoms with van der Waals surface area (Å²) in [5, 5.41) is 19.0. The first-order valence-electron chi connectivity index (χ1n) is 8.43. The summed E-state index contributed by atoms with van der Waals surface area (Å²) in [5.41, 5.74) is 2.38. The second-order valence-corrected chi connectivity index (χ2v) is 6.67. The quantitative estimate of drug-likeness (QED) is 0.718. The first kappa shape index (κ1) is 17.8. The van der Waals surface area contributed by atoms with Crippen LogP contribution in [0.25, 0.3) is 11.1 Å². The molecule has 1 amide bonds. The molecule has 0 atom stereocenters. The molecule has 1 N–H and O–H groups in total. The van der Waals surface area contributed by atoms with Gasteiger partial charge >= 0.3 is 6.09 Å². The van der Waals surface area contributed by atoms with Crippen LogP contribution in [-0.4, -0.2) is 42.7 Å². The Morgan fingerprint density at radius 3 is 2.79 bits per heavy atom. The Kier molecular flexibility index (Phi) is 4.37. The minimum atomic E-state index is -1.06. The fraction of sp³-hybridized carbons (Fsp3) is 0.158. The van der Waals surface area contributed by atoms with Gasteiger partial charge in [0.15, 0.2) is 0 Å². The Morgan fingerprint density at radius 2 is 2.11 bits per heavy atom. The van der Waals surface area contributed by atoms with Crippen LogP contribution in [0.2, 0.25) is 5.15 Å². The van der Waals surface area contributed by atoms with Crippen LogP contribution >= 0.6 is 11.6 Å². The van der Waals surface area contributed by atoms with Crippen molar-refractivity contribution < 1.29 is 14.7 Å². The minimum absolute atomic E-state index is 0.0444. The Hall–Kier alpha value is -3.57. The molecule has 0 saturated carbocycles. The summed E-state index contributed by atoms with van der Waals surface area (Å²) in [4.78, 5) is 29.9. The van der Waals surface area contributed by atoms with E-state index in [0.29, 0.717) is 39.6 Å². The Labute approximate surface area is 164 Å². The normalized spacial score (nSPS) is 13.1. The first-order chi connectivity index (χ1) is 13.5. The molecule has 0 fully saturated rings. The average Bonchev–Trinajstić information content (AvgIpc) is 3.34. The van der Waals surface area contributed by atoms with Gasteiger partial charge in [0.2, 0.25) is 0 Å². The molecule has 8 nitrogen and oxygen atoms in total. The Bertz CT molecular complexity index is 1130. The van der Waals surface area contributed by atoms with E-state index in [1.165, 1.54) is 28.2 Å². The monoisotopic (exact) mass is 395 g/mol. The number of halogens is 1. The van der Waals surface area contributed by atoms with Crippen molar-refractivity contribution in [3.8, 4) is 17.2 Å². The van der Waals surface area contributed by atoms with Crippen molar-refractivity contribution in [3.05, 3.63) is 65.0 Å². The van der Waals surface area contributed by atoms with E-state index in [9.17, 15) is 20.0 Å². The second kappa shape index (κ2) is 6.87. The fourth-order valence-corrected chi connectivity index (χ4v) is 3.81. The van der Waals surface area contributed by atoms with Crippen LogP contribution in [0.5, 0.6) is 0 Å². The summed E-state index contributed by atoms with van der Waals surface area (Å²) in [6.45, 7) is 0.651. The number of carbonyl (C=O) groups is 2. The smallest absolute Gasteiger partial charge is 0.407 e. The molecule has 4 rings (SSSR count). The zero-order valence-corrected chi connectivity index (χ0v) is 15.3. The van der Waals surface area contributed by atoms with Crippen LogP contribution in [-0.2, 0) is 13.1 Å². The maximum Gasteiger partial charge on any atom is 0.407 e. The molecular formula is C19H14ClN5O3. The maximum atomic E-state index is 13.2. The molecule has 140 valence electrons. The van der Waals surface area contributed by atoms with Crippen LogP contribution in [0.1, 0.15) is 21.6 Å². The summed E-state index contributed by atoms with van der Waals surface area (Å²) in [6, 6.07) is 8.89. The number of imidazole rings is 1. The van der Waals surface area contributed by atoms with Crippen molar-refractivity contribution >= 4 is 23.6 Å². The van der Waals surface area contributed by atoms with Crippen molar-refractivity contribution in [1.29, 1.82) is 5.26 Å². The molecule has 9 heteroatoms. The van der Waals surface area contributed by atoms with Gasteiger partial charge in [0, 0.05) is 31.0 Å². The molecule has 0 spiro atoms.